The highest BCUT2D eigenvalue weighted by Crippen LogP contribution is 2.17. The Morgan fingerprint density at radius 2 is 1.71 bits per heavy atom. The lowest BCUT2D eigenvalue weighted by Crippen LogP contribution is -2.44. The molecule has 2 N–H and O–H groups in total. The van der Waals surface area contributed by atoms with E-state index in [1.807, 2.05) is 13.8 Å². The molecule has 6 nitrogen and oxygen atoms in total. The van der Waals surface area contributed by atoms with Crippen LogP contribution in [0.15, 0.2) is 53.4 Å². The van der Waals surface area contributed by atoms with Crippen molar-refractivity contribution in [2.45, 2.75) is 31.2 Å². The quantitative estimate of drug-likeness (QED) is 0.713. The monoisotopic (exact) mass is 422 g/mol. The lowest BCUT2D eigenvalue weighted by Gasteiger charge is -2.20. The Morgan fingerprint density at radius 3 is 2.29 bits per heavy atom. The van der Waals surface area contributed by atoms with Crippen molar-refractivity contribution >= 4 is 38.9 Å². The van der Waals surface area contributed by atoms with E-state index in [1.54, 1.807) is 36.4 Å². The second-order valence-electron chi connectivity index (χ2n) is 6.95. The summed E-state index contributed by atoms with van der Waals surface area (Å²) in [7, 11) is -3.39. The Hall–Kier alpha value is -2.38. The Morgan fingerprint density at radius 1 is 1.07 bits per heavy atom. The second-order valence-corrected chi connectivity index (χ2v) is 9.40. The lowest BCUT2D eigenvalue weighted by molar-refractivity contribution is -0.118. The number of carbonyl (C=O) groups is 2. The largest absolute Gasteiger partial charge is 0.340 e. The smallest absolute Gasteiger partial charge is 0.251 e. The zero-order chi connectivity index (χ0) is 20.9. The molecule has 0 aliphatic heterocycles. The molecule has 1 atom stereocenters. The first kappa shape index (κ1) is 21.9. The summed E-state index contributed by atoms with van der Waals surface area (Å²) in [5, 5.41) is 5.94. The van der Waals surface area contributed by atoms with E-state index in [4.69, 9.17) is 11.6 Å². The number of benzene rings is 2. The number of carbonyl (C=O) groups excluding carboxylic acids is 2. The van der Waals surface area contributed by atoms with Gasteiger partial charge in [-0.1, -0.05) is 31.5 Å². The Kier molecular flexibility index (Phi) is 7.21. The molecular formula is C20H23ClN2O4S. The van der Waals surface area contributed by atoms with E-state index in [-0.39, 0.29) is 16.7 Å². The van der Waals surface area contributed by atoms with Crippen LogP contribution >= 0.6 is 11.6 Å². The first-order chi connectivity index (χ1) is 13.1. The van der Waals surface area contributed by atoms with Crippen molar-refractivity contribution in [1.82, 2.24) is 5.32 Å². The molecule has 2 aromatic carbocycles. The molecule has 2 rings (SSSR count). The standard InChI is InChI=1S/C20H23ClN2O4S/c1-13(2)11-18(23-19(24)14-7-9-15(21)10-8-14)20(25)22-16-5-4-6-17(12-16)28(3,26)27/h4-10,12-13,18H,11H2,1-3H3,(H,22,25)(H,23,24)/t18-/m0/s1. The molecule has 0 radical (unpaired) electrons. The molecule has 0 aliphatic carbocycles. The first-order valence-electron chi connectivity index (χ1n) is 8.73. The van der Waals surface area contributed by atoms with Crippen LogP contribution in [0, 0.1) is 5.92 Å². The number of anilines is 1. The van der Waals surface area contributed by atoms with Gasteiger partial charge in [-0.3, -0.25) is 9.59 Å². The van der Waals surface area contributed by atoms with Crippen LogP contribution in [0.2, 0.25) is 5.02 Å². The number of hydrogen-bond acceptors (Lipinski definition) is 4. The van der Waals surface area contributed by atoms with Crippen LogP contribution in [-0.2, 0) is 14.6 Å². The van der Waals surface area contributed by atoms with Crippen molar-refractivity contribution in [2.75, 3.05) is 11.6 Å². The first-order valence-corrected chi connectivity index (χ1v) is 11.0. The fourth-order valence-corrected chi connectivity index (χ4v) is 3.37. The highest BCUT2D eigenvalue weighted by Gasteiger charge is 2.23. The molecule has 8 heteroatoms. The van der Waals surface area contributed by atoms with Gasteiger partial charge >= 0.3 is 0 Å². The van der Waals surface area contributed by atoms with Crippen molar-refractivity contribution in [3.05, 3.63) is 59.1 Å². The van der Waals surface area contributed by atoms with Crippen molar-refractivity contribution in [3.63, 3.8) is 0 Å². The topological polar surface area (TPSA) is 92.3 Å². The van der Waals surface area contributed by atoms with Crippen LogP contribution < -0.4 is 10.6 Å². The van der Waals surface area contributed by atoms with Crippen LogP contribution in [0.4, 0.5) is 5.69 Å². The predicted molar refractivity (Wildman–Crippen MR) is 110 cm³/mol. The van der Waals surface area contributed by atoms with Gasteiger partial charge in [-0.25, -0.2) is 8.42 Å². The molecule has 2 aromatic rings. The van der Waals surface area contributed by atoms with E-state index in [2.05, 4.69) is 10.6 Å². The average molecular weight is 423 g/mol. The maximum Gasteiger partial charge on any atom is 0.251 e. The zero-order valence-electron chi connectivity index (χ0n) is 15.9. The van der Waals surface area contributed by atoms with Crippen LogP contribution in [0.5, 0.6) is 0 Å². The maximum atomic E-state index is 12.7. The van der Waals surface area contributed by atoms with Crippen molar-refractivity contribution < 1.29 is 18.0 Å². The third-order valence-electron chi connectivity index (χ3n) is 3.97. The van der Waals surface area contributed by atoms with Gasteiger partial charge in [0.15, 0.2) is 9.84 Å². The van der Waals surface area contributed by atoms with Crippen LogP contribution in [0.25, 0.3) is 0 Å². The minimum atomic E-state index is -3.39. The molecule has 0 saturated carbocycles. The molecule has 0 fully saturated rings. The summed E-state index contributed by atoms with van der Waals surface area (Å²) < 4.78 is 23.4. The fourth-order valence-electron chi connectivity index (χ4n) is 2.58. The van der Waals surface area contributed by atoms with Gasteiger partial charge in [0.1, 0.15) is 6.04 Å². The summed E-state index contributed by atoms with van der Waals surface area (Å²) in [6.45, 7) is 3.89. The number of sulfone groups is 1. The van der Waals surface area contributed by atoms with E-state index < -0.39 is 21.8 Å². The van der Waals surface area contributed by atoms with Gasteiger partial charge in [-0.15, -0.1) is 0 Å². The van der Waals surface area contributed by atoms with Crippen LogP contribution in [0.1, 0.15) is 30.6 Å². The highest BCUT2D eigenvalue weighted by atomic mass is 35.5. The number of hydrogen-bond donors (Lipinski definition) is 2. The number of halogens is 1. The van der Waals surface area contributed by atoms with Crippen molar-refractivity contribution in [3.8, 4) is 0 Å². The molecule has 150 valence electrons. The van der Waals surface area contributed by atoms with E-state index in [1.165, 1.54) is 12.1 Å². The molecular weight excluding hydrogens is 400 g/mol. The van der Waals surface area contributed by atoms with Gasteiger partial charge in [-0.2, -0.15) is 0 Å². The molecule has 0 bridgehead atoms. The average Bonchev–Trinajstić information content (AvgIpc) is 2.60. The molecule has 28 heavy (non-hydrogen) atoms. The molecule has 0 saturated heterocycles. The Bertz CT molecular complexity index is 956. The fraction of sp³-hybridized carbons (Fsp3) is 0.300. The number of amides is 2. The van der Waals surface area contributed by atoms with Gasteiger partial charge in [0.25, 0.3) is 5.91 Å². The second kappa shape index (κ2) is 9.21. The summed E-state index contributed by atoms with van der Waals surface area (Å²) in [6.07, 6.45) is 1.53. The Labute approximate surface area is 170 Å². The zero-order valence-corrected chi connectivity index (χ0v) is 17.5. The van der Waals surface area contributed by atoms with E-state index in [0.29, 0.717) is 22.7 Å². The van der Waals surface area contributed by atoms with E-state index in [0.717, 1.165) is 6.26 Å². The molecule has 2 amide bonds. The van der Waals surface area contributed by atoms with Gasteiger partial charge in [0, 0.05) is 22.5 Å². The SMILES string of the molecule is CC(C)C[C@H](NC(=O)c1ccc(Cl)cc1)C(=O)Nc1cccc(S(C)(=O)=O)c1. The number of nitrogens with one attached hydrogen (secondary N) is 2. The van der Waals surface area contributed by atoms with E-state index in [9.17, 15) is 18.0 Å². The van der Waals surface area contributed by atoms with Gasteiger partial charge in [-0.05, 0) is 54.8 Å². The minimum Gasteiger partial charge on any atom is -0.340 e. The minimum absolute atomic E-state index is 0.107. The predicted octanol–water partition coefficient (Wildman–Crippen LogP) is 3.53. The third-order valence-corrected chi connectivity index (χ3v) is 5.33. The maximum absolute atomic E-state index is 12.7. The van der Waals surface area contributed by atoms with Crippen LogP contribution in [0.3, 0.4) is 0 Å². The van der Waals surface area contributed by atoms with Gasteiger partial charge in [0.05, 0.1) is 4.90 Å². The molecule has 0 heterocycles. The van der Waals surface area contributed by atoms with Crippen LogP contribution in [-0.4, -0.2) is 32.5 Å². The lowest BCUT2D eigenvalue weighted by atomic mass is 10.0. The number of rotatable bonds is 7. The summed E-state index contributed by atoms with van der Waals surface area (Å²) >= 11 is 5.84. The summed E-state index contributed by atoms with van der Waals surface area (Å²) in [6, 6.07) is 11.6. The Balaban J connectivity index is 2.17. The summed E-state index contributed by atoms with van der Waals surface area (Å²) in [5.41, 5.74) is 0.743. The third kappa shape index (κ3) is 6.35. The highest BCUT2D eigenvalue weighted by molar-refractivity contribution is 7.90. The molecule has 0 aliphatic rings. The van der Waals surface area contributed by atoms with Crippen molar-refractivity contribution in [1.29, 1.82) is 0 Å². The summed E-state index contributed by atoms with van der Waals surface area (Å²) in [5.74, 6) is -0.646. The van der Waals surface area contributed by atoms with E-state index >= 15 is 0 Å². The summed E-state index contributed by atoms with van der Waals surface area (Å²) in [4.78, 5) is 25.3. The molecule has 0 unspecified atom stereocenters. The normalized spacial score (nSPS) is 12.5. The van der Waals surface area contributed by atoms with Crippen molar-refractivity contribution in [2.24, 2.45) is 5.92 Å². The van der Waals surface area contributed by atoms with Gasteiger partial charge < -0.3 is 10.6 Å². The molecule has 0 aromatic heterocycles. The van der Waals surface area contributed by atoms with Gasteiger partial charge in [0.2, 0.25) is 5.91 Å². The molecule has 0 spiro atoms.